The molecule has 2 amide bonds. The van der Waals surface area contributed by atoms with Crippen molar-refractivity contribution < 1.29 is 19.5 Å². The summed E-state index contributed by atoms with van der Waals surface area (Å²) < 4.78 is 0. The molecule has 0 fully saturated rings. The summed E-state index contributed by atoms with van der Waals surface area (Å²) in [6, 6.07) is 6.58. The summed E-state index contributed by atoms with van der Waals surface area (Å²) in [6.45, 7) is 0.176. The second-order valence-electron chi connectivity index (χ2n) is 5.34. The molecule has 130 valence electrons. The van der Waals surface area contributed by atoms with E-state index in [1.54, 1.807) is 43.3 Å². The van der Waals surface area contributed by atoms with Crippen LogP contribution in [0.4, 0.5) is 11.4 Å². The lowest BCUT2D eigenvalue weighted by Gasteiger charge is -2.14. The van der Waals surface area contributed by atoms with Gasteiger partial charge in [0.05, 0.1) is 17.9 Å². The van der Waals surface area contributed by atoms with E-state index < -0.39 is 17.6 Å². The molecule has 0 saturated heterocycles. The Morgan fingerprint density at radius 2 is 1.56 bits per heavy atom. The number of nitrogens with zero attached hydrogens (tertiary/aromatic N) is 3. The molecular formula is C16H17N5O4. The number of carboxylic acid groups (broad SMARTS) is 1. The quantitative estimate of drug-likeness (QED) is 0.712. The third-order valence-electron chi connectivity index (χ3n) is 3.03. The van der Waals surface area contributed by atoms with Gasteiger partial charge in [0, 0.05) is 12.4 Å². The average molecular weight is 343 g/mol. The van der Waals surface area contributed by atoms with Gasteiger partial charge >= 0.3 is 5.97 Å². The van der Waals surface area contributed by atoms with Gasteiger partial charge in [-0.3, -0.25) is 9.59 Å². The van der Waals surface area contributed by atoms with Crippen molar-refractivity contribution in [3.05, 3.63) is 48.0 Å². The van der Waals surface area contributed by atoms with E-state index >= 15 is 0 Å². The van der Waals surface area contributed by atoms with Crippen LogP contribution in [0.1, 0.15) is 21.0 Å². The number of hydrogen-bond donors (Lipinski definition) is 3. The number of carbonyl (C=O) groups is 3. The maximum Gasteiger partial charge on any atom is 0.356 e. The summed E-state index contributed by atoms with van der Waals surface area (Å²) >= 11 is 0. The highest BCUT2D eigenvalue weighted by molar-refractivity contribution is 6.10. The molecule has 0 atom stereocenters. The first-order valence-electron chi connectivity index (χ1n) is 7.27. The molecule has 9 heteroatoms. The van der Waals surface area contributed by atoms with E-state index in [-0.39, 0.29) is 18.1 Å². The largest absolute Gasteiger partial charge is 0.476 e. The summed E-state index contributed by atoms with van der Waals surface area (Å²) in [5.74, 6) is -2.34. The summed E-state index contributed by atoms with van der Waals surface area (Å²) in [7, 11) is 3.52. The van der Waals surface area contributed by atoms with Crippen LogP contribution >= 0.6 is 0 Å². The number of benzene rings is 1. The zero-order valence-corrected chi connectivity index (χ0v) is 13.7. The van der Waals surface area contributed by atoms with Crippen LogP contribution in [0.15, 0.2) is 36.7 Å². The normalized spacial score (nSPS) is 10.4. The molecule has 3 N–H and O–H groups in total. The van der Waals surface area contributed by atoms with E-state index in [9.17, 15) is 14.4 Å². The fourth-order valence-corrected chi connectivity index (χ4v) is 2.02. The van der Waals surface area contributed by atoms with Crippen molar-refractivity contribution in [2.24, 2.45) is 0 Å². The molecule has 1 aromatic carbocycles. The summed E-state index contributed by atoms with van der Waals surface area (Å²) in [5.41, 5.74) is -0.0522. The van der Waals surface area contributed by atoms with Crippen LogP contribution in [0.25, 0.3) is 0 Å². The molecular weight excluding hydrogens is 326 g/mol. The molecule has 0 unspecified atom stereocenters. The van der Waals surface area contributed by atoms with Crippen LogP contribution in [0.5, 0.6) is 0 Å². The predicted octanol–water partition coefficient (Wildman–Crippen LogP) is 0.927. The van der Waals surface area contributed by atoms with Crippen LogP contribution < -0.4 is 10.6 Å². The molecule has 9 nitrogen and oxygen atoms in total. The standard InChI is InChI=1S/C16H17N5O4/c1-21(2)9-12(22)19-10-5-3-4-6-11(10)20-15(23)13-14(16(24)25)18-8-7-17-13/h3-8H,9H2,1-2H3,(H,19,22)(H,20,23)(H,24,25). The third-order valence-corrected chi connectivity index (χ3v) is 3.03. The van der Waals surface area contributed by atoms with Crippen LogP contribution in [0.2, 0.25) is 0 Å². The molecule has 1 heterocycles. The summed E-state index contributed by atoms with van der Waals surface area (Å²) in [4.78, 5) is 44.5. The maximum absolute atomic E-state index is 12.4. The van der Waals surface area contributed by atoms with Gasteiger partial charge in [0.2, 0.25) is 5.91 Å². The Morgan fingerprint density at radius 1 is 1.00 bits per heavy atom. The topological polar surface area (TPSA) is 125 Å². The lowest BCUT2D eigenvalue weighted by atomic mass is 10.2. The van der Waals surface area contributed by atoms with Gasteiger partial charge < -0.3 is 20.6 Å². The number of carboxylic acids is 1. The lowest BCUT2D eigenvalue weighted by Crippen LogP contribution is -2.27. The molecule has 1 aromatic heterocycles. The fraction of sp³-hybridized carbons (Fsp3) is 0.188. The average Bonchev–Trinajstić information content (AvgIpc) is 2.55. The first-order valence-corrected chi connectivity index (χ1v) is 7.27. The van der Waals surface area contributed by atoms with E-state index in [0.29, 0.717) is 11.4 Å². The van der Waals surface area contributed by atoms with Crippen molar-refractivity contribution in [2.75, 3.05) is 31.3 Å². The van der Waals surface area contributed by atoms with Gasteiger partial charge in [-0.2, -0.15) is 0 Å². The van der Waals surface area contributed by atoms with Crippen molar-refractivity contribution in [1.82, 2.24) is 14.9 Å². The van der Waals surface area contributed by atoms with Gasteiger partial charge in [-0.05, 0) is 26.2 Å². The number of aromatic nitrogens is 2. The van der Waals surface area contributed by atoms with Gasteiger partial charge in [0.25, 0.3) is 5.91 Å². The number of anilines is 2. The van der Waals surface area contributed by atoms with Crippen LogP contribution in [-0.2, 0) is 4.79 Å². The van der Waals surface area contributed by atoms with Crippen LogP contribution in [0.3, 0.4) is 0 Å². The molecule has 0 bridgehead atoms. The lowest BCUT2D eigenvalue weighted by molar-refractivity contribution is -0.116. The minimum Gasteiger partial charge on any atom is -0.476 e. The highest BCUT2D eigenvalue weighted by Gasteiger charge is 2.20. The van der Waals surface area contributed by atoms with E-state index in [0.717, 1.165) is 0 Å². The Bertz CT molecular complexity index is 807. The molecule has 0 spiro atoms. The molecule has 25 heavy (non-hydrogen) atoms. The zero-order chi connectivity index (χ0) is 18.4. The van der Waals surface area contributed by atoms with Crippen molar-refractivity contribution in [2.45, 2.75) is 0 Å². The number of likely N-dealkylation sites (N-methyl/N-ethyl adjacent to an activating group) is 1. The Kier molecular flexibility index (Phi) is 5.75. The van der Waals surface area contributed by atoms with Crippen LogP contribution in [-0.4, -0.2) is 58.4 Å². The predicted molar refractivity (Wildman–Crippen MR) is 90.6 cm³/mol. The smallest absolute Gasteiger partial charge is 0.356 e. The molecule has 0 radical (unpaired) electrons. The number of amides is 2. The fourth-order valence-electron chi connectivity index (χ4n) is 2.02. The summed E-state index contributed by atoms with van der Waals surface area (Å²) in [6.07, 6.45) is 2.42. The molecule has 2 aromatic rings. The molecule has 0 aliphatic heterocycles. The minimum absolute atomic E-state index is 0.176. The molecule has 0 saturated carbocycles. The highest BCUT2D eigenvalue weighted by atomic mass is 16.4. The summed E-state index contributed by atoms with van der Waals surface area (Å²) in [5, 5.41) is 14.3. The number of para-hydroxylation sites is 2. The number of nitrogens with one attached hydrogen (secondary N) is 2. The Hall–Kier alpha value is -3.33. The number of hydrogen-bond acceptors (Lipinski definition) is 6. The maximum atomic E-state index is 12.4. The van der Waals surface area contributed by atoms with E-state index in [2.05, 4.69) is 20.6 Å². The highest BCUT2D eigenvalue weighted by Crippen LogP contribution is 2.21. The van der Waals surface area contributed by atoms with Gasteiger partial charge in [-0.25, -0.2) is 14.8 Å². The van der Waals surface area contributed by atoms with E-state index in [4.69, 9.17) is 5.11 Å². The van der Waals surface area contributed by atoms with Crippen molar-refractivity contribution in [3.8, 4) is 0 Å². The van der Waals surface area contributed by atoms with Crippen LogP contribution in [0, 0.1) is 0 Å². The van der Waals surface area contributed by atoms with Crippen molar-refractivity contribution >= 4 is 29.2 Å². The van der Waals surface area contributed by atoms with Crippen molar-refractivity contribution in [1.29, 1.82) is 0 Å². The minimum atomic E-state index is -1.36. The Labute approximate surface area is 143 Å². The monoisotopic (exact) mass is 343 g/mol. The SMILES string of the molecule is CN(C)CC(=O)Nc1ccccc1NC(=O)c1nccnc1C(=O)O. The molecule has 0 aliphatic carbocycles. The molecule has 2 rings (SSSR count). The second-order valence-corrected chi connectivity index (χ2v) is 5.34. The van der Waals surface area contributed by atoms with Gasteiger partial charge in [-0.1, -0.05) is 12.1 Å². The number of rotatable bonds is 6. The van der Waals surface area contributed by atoms with Gasteiger partial charge in [0.15, 0.2) is 11.4 Å². The Balaban J connectivity index is 2.22. The van der Waals surface area contributed by atoms with E-state index in [1.165, 1.54) is 12.4 Å². The van der Waals surface area contributed by atoms with Crippen molar-refractivity contribution in [3.63, 3.8) is 0 Å². The third kappa shape index (κ3) is 4.82. The first-order chi connectivity index (χ1) is 11.9. The van der Waals surface area contributed by atoms with Gasteiger partial charge in [-0.15, -0.1) is 0 Å². The molecule has 0 aliphatic rings. The zero-order valence-electron chi connectivity index (χ0n) is 13.7. The first kappa shape index (κ1) is 18.0. The number of carbonyl (C=O) groups excluding carboxylic acids is 2. The van der Waals surface area contributed by atoms with E-state index in [1.807, 2.05) is 0 Å². The Morgan fingerprint density at radius 3 is 2.12 bits per heavy atom. The second kappa shape index (κ2) is 7.97. The number of aromatic carboxylic acids is 1. The van der Waals surface area contributed by atoms with Gasteiger partial charge in [0.1, 0.15) is 0 Å².